The Bertz CT molecular complexity index is 1040. The zero-order valence-electron chi connectivity index (χ0n) is 18.6. The number of amides is 2. The molecule has 6 heteroatoms. The summed E-state index contributed by atoms with van der Waals surface area (Å²) in [5.74, 6) is -0.234. The molecule has 33 heavy (non-hydrogen) atoms. The average molecular weight is 483 g/mol. The van der Waals surface area contributed by atoms with Gasteiger partial charge in [0.15, 0.2) is 0 Å². The predicted octanol–water partition coefficient (Wildman–Crippen LogP) is 6.05. The van der Waals surface area contributed by atoms with Gasteiger partial charge in [-0.2, -0.15) is 0 Å². The van der Waals surface area contributed by atoms with Crippen LogP contribution in [0.1, 0.15) is 36.5 Å². The first kappa shape index (κ1) is 24.8. The molecular formula is C27H28Cl2N2O2. The van der Waals surface area contributed by atoms with Crippen molar-refractivity contribution in [2.45, 2.75) is 45.3 Å². The highest BCUT2D eigenvalue weighted by Crippen LogP contribution is 2.18. The average Bonchev–Trinajstić information content (AvgIpc) is 2.82. The zero-order chi connectivity index (χ0) is 23.6. The second-order valence-electron chi connectivity index (χ2n) is 7.95. The Hall–Kier alpha value is -2.82. The summed E-state index contributed by atoms with van der Waals surface area (Å²) in [6, 6.07) is 23.8. The van der Waals surface area contributed by atoms with E-state index in [1.807, 2.05) is 61.5 Å². The van der Waals surface area contributed by atoms with Crippen molar-refractivity contribution in [2.24, 2.45) is 0 Å². The van der Waals surface area contributed by atoms with E-state index in [-0.39, 0.29) is 11.8 Å². The highest BCUT2D eigenvalue weighted by molar-refractivity contribution is 6.30. The highest BCUT2D eigenvalue weighted by atomic mass is 35.5. The second kappa shape index (κ2) is 12.4. The summed E-state index contributed by atoms with van der Waals surface area (Å²) in [7, 11) is 0. The van der Waals surface area contributed by atoms with Crippen LogP contribution in [0.4, 0.5) is 0 Å². The number of halogens is 2. The van der Waals surface area contributed by atoms with Gasteiger partial charge >= 0.3 is 0 Å². The Morgan fingerprint density at radius 3 is 1.97 bits per heavy atom. The quantitative estimate of drug-likeness (QED) is 0.382. The van der Waals surface area contributed by atoms with Crippen molar-refractivity contribution in [3.63, 3.8) is 0 Å². The second-order valence-corrected chi connectivity index (χ2v) is 8.82. The smallest absolute Gasteiger partial charge is 0.243 e. The molecule has 0 aliphatic carbocycles. The van der Waals surface area contributed by atoms with E-state index in [0.717, 1.165) is 16.7 Å². The Balaban J connectivity index is 1.86. The molecule has 0 spiro atoms. The molecule has 3 aromatic carbocycles. The number of benzene rings is 3. The van der Waals surface area contributed by atoms with Crippen LogP contribution in [0.15, 0.2) is 78.9 Å². The molecule has 1 unspecified atom stereocenters. The highest BCUT2D eigenvalue weighted by Gasteiger charge is 2.29. The normalized spacial score (nSPS) is 11.6. The largest absolute Gasteiger partial charge is 0.350 e. The molecule has 1 N–H and O–H groups in total. The van der Waals surface area contributed by atoms with E-state index in [0.29, 0.717) is 42.4 Å². The third-order valence-corrected chi connectivity index (χ3v) is 5.89. The SMILES string of the molecule is CCCC(=O)N(Cc1ccc(Cl)cc1)C(Cc1ccccc1)C(=O)NCc1ccc(Cl)cc1. The van der Waals surface area contributed by atoms with Gasteiger partial charge in [-0.05, 0) is 47.4 Å². The maximum absolute atomic E-state index is 13.4. The third-order valence-electron chi connectivity index (χ3n) is 5.38. The van der Waals surface area contributed by atoms with Crippen LogP contribution in [0.3, 0.4) is 0 Å². The van der Waals surface area contributed by atoms with Crippen LogP contribution >= 0.6 is 23.2 Å². The molecule has 0 radical (unpaired) electrons. The van der Waals surface area contributed by atoms with E-state index in [1.165, 1.54) is 0 Å². The third kappa shape index (κ3) is 7.62. The first-order valence-corrected chi connectivity index (χ1v) is 11.8. The number of rotatable bonds is 10. The first-order valence-electron chi connectivity index (χ1n) is 11.1. The molecule has 0 aromatic heterocycles. The first-order chi connectivity index (χ1) is 16.0. The van der Waals surface area contributed by atoms with Crippen molar-refractivity contribution in [3.8, 4) is 0 Å². The predicted molar refractivity (Wildman–Crippen MR) is 134 cm³/mol. The van der Waals surface area contributed by atoms with Gasteiger partial charge in [0.05, 0.1) is 0 Å². The lowest BCUT2D eigenvalue weighted by Gasteiger charge is -2.31. The lowest BCUT2D eigenvalue weighted by Crippen LogP contribution is -2.50. The van der Waals surface area contributed by atoms with Crippen LogP contribution in [-0.4, -0.2) is 22.8 Å². The maximum atomic E-state index is 13.4. The van der Waals surface area contributed by atoms with Gasteiger partial charge in [0.1, 0.15) is 6.04 Å². The standard InChI is InChI=1S/C27H28Cl2N2O2/c1-2-6-26(32)31(19-22-11-15-24(29)16-12-22)25(17-20-7-4-3-5-8-20)27(33)30-18-21-9-13-23(28)14-10-21/h3-5,7-16,25H,2,6,17-19H2,1H3,(H,30,33). The summed E-state index contributed by atoms with van der Waals surface area (Å²) in [5, 5.41) is 4.29. The van der Waals surface area contributed by atoms with Gasteiger partial charge in [0, 0.05) is 36.0 Å². The summed E-state index contributed by atoms with van der Waals surface area (Å²) in [6.07, 6.45) is 1.51. The molecule has 4 nitrogen and oxygen atoms in total. The van der Waals surface area contributed by atoms with E-state index in [1.54, 1.807) is 29.2 Å². The minimum atomic E-state index is -0.644. The molecule has 0 aliphatic heterocycles. The molecule has 3 rings (SSSR count). The molecular weight excluding hydrogens is 455 g/mol. The van der Waals surface area contributed by atoms with E-state index in [9.17, 15) is 9.59 Å². The van der Waals surface area contributed by atoms with Crippen molar-refractivity contribution in [1.29, 1.82) is 0 Å². The fraction of sp³-hybridized carbons (Fsp3) is 0.259. The minimum absolute atomic E-state index is 0.0463. The molecule has 0 heterocycles. The van der Waals surface area contributed by atoms with Crippen LogP contribution < -0.4 is 5.32 Å². The van der Waals surface area contributed by atoms with Crippen LogP contribution in [0, 0.1) is 0 Å². The van der Waals surface area contributed by atoms with E-state index >= 15 is 0 Å². The minimum Gasteiger partial charge on any atom is -0.350 e. The fourth-order valence-electron chi connectivity index (χ4n) is 3.61. The maximum Gasteiger partial charge on any atom is 0.243 e. The van der Waals surface area contributed by atoms with Crippen molar-refractivity contribution in [1.82, 2.24) is 10.2 Å². The number of hydrogen-bond donors (Lipinski definition) is 1. The van der Waals surface area contributed by atoms with Crippen LogP contribution in [0.25, 0.3) is 0 Å². The lowest BCUT2D eigenvalue weighted by atomic mass is 10.0. The van der Waals surface area contributed by atoms with Crippen molar-refractivity contribution >= 4 is 35.0 Å². The monoisotopic (exact) mass is 482 g/mol. The van der Waals surface area contributed by atoms with Gasteiger partial charge in [-0.25, -0.2) is 0 Å². The Kier molecular flexibility index (Phi) is 9.35. The van der Waals surface area contributed by atoms with Crippen molar-refractivity contribution in [2.75, 3.05) is 0 Å². The van der Waals surface area contributed by atoms with Gasteiger partial charge < -0.3 is 10.2 Å². The van der Waals surface area contributed by atoms with Crippen molar-refractivity contribution in [3.05, 3.63) is 106 Å². The number of nitrogens with zero attached hydrogens (tertiary/aromatic N) is 1. The summed E-state index contributed by atoms with van der Waals surface area (Å²) >= 11 is 12.0. The fourth-order valence-corrected chi connectivity index (χ4v) is 3.86. The Morgan fingerprint density at radius 2 is 1.39 bits per heavy atom. The van der Waals surface area contributed by atoms with Gasteiger partial charge in [0.2, 0.25) is 11.8 Å². The van der Waals surface area contributed by atoms with Gasteiger partial charge in [-0.15, -0.1) is 0 Å². The zero-order valence-corrected chi connectivity index (χ0v) is 20.1. The molecule has 0 saturated heterocycles. The number of hydrogen-bond acceptors (Lipinski definition) is 2. The molecule has 0 aliphatic rings. The Labute approximate surface area is 205 Å². The molecule has 0 fully saturated rings. The summed E-state index contributed by atoms with van der Waals surface area (Å²) < 4.78 is 0. The number of nitrogens with one attached hydrogen (secondary N) is 1. The topological polar surface area (TPSA) is 49.4 Å². The van der Waals surface area contributed by atoms with E-state index in [4.69, 9.17) is 23.2 Å². The van der Waals surface area contributed by atoms with Crippen molar-refractivity contribution < 1.29 is 9.59 Å². The molecule has 2 amide bonds. The molecule has 3 aromatic rings. The number of carbonyl (C=O) groups excluding carboxylic acids is 2. The van der Waals surface area contributed by atoms with E-state index < -0.39 is 6.04 Å². The summed E-state index contributed by atoms with van der Waals surface area (Å²) in [4.78, 5) is 28.3. The van der Waals surface area contributed by atoms with Gasteiger partial charge in [0.25, 0.3) is 0 Å². The summed E-state index contributed by atoms with van der Waals surface area (Å²) in [5.41, 5.74) is 2.86. The molecule has 1 atom stereocenters. The molecule has 0 saturated carbocycles. The van der Waals surface area contributed by atoms with Crippen LogP contribution in [0.5, 0.6) is 0 Å². The molecule has 172 valence electrons. The van der Waals surface area contributed by atoms with Crippen LogP contribution in [-0.2, 0) is 29.1 Å². The summed E-state index contributed by atoms with van der Waals surface area (Å²) in [6.45, 7) is 2.66. The van der Waals surface area contributed by atoms with Gasteiger partial charge in [-0.1, -0.05) is 84.7 Å². The van der Waals surface area contributed by atoms with Gasteiger partial charge in [-0.3, -0.25) is 9.59 Å². The Morgan fingerprint density at radius 1 is 0.818 bits per heavy atom. The van der Waals surface area contributed by atoms with Crippen LogP contribution in [0.2, 0.25) is 10.0 Å². The lowest BCUT2D eigenvalue weighted by molar-refractivity contribution is -0.141. The number of carbonyl (C=O) groups is 2. The molecule has 0 bridgehead atoms. The van der Waals surface area contributed by atoms with E-state index in [2.05, 4.69) is 5.32 Å².